The zero-order chi connectivity index (χ0) is 31.4. The van der Waals surface area contributed by atoms with Gasteiger partial charge in [0.15, 0.2) is 5.66 Å². The van der Waals surface area contributed by atoms with Crippen molar-refractivity contribution in [3.63, 3.8) is 0 Å². The van der Waals surface area contributed by atoms with E-state index in [0.717, 1.165) is 34.1 Å². The highest BCUT2D eigenvalue weighted by molar-refractivity contribution is 5.99. The van der Waals surface area contributed by atoms with Gasteiger partial charge >= 0.3 is 0 Å². The second-order valence-electron chi connectivity index (χ2n) is 11.1. The van der Waals surface area contributed by atoms with Gasteiger partial charge in [-0.25, -0.2) is 4.98 Å². The van der Waals surface area contributed by atoms with Gasteiger partial charge < -0.3 is 25.7 Å². The number of amides is 2. The minimum atomic E-state index is -1.26. The lowest BCUT2D eigenvalue weighted by molar-refractivity contribution is -0.137. The summed E-state index contributed by atoms with van der Waals surface area (Å²) < 4.78 is 5.43. The standard InChI is InChI=1S/C35H46N6O3/c1-5-18-35(41(21-6-2)22-23-44-4,34(43)39-26(3)30-13-9-11-28-10-7-8-12-31(28)30)40-33(42)29-16-14-27(15-17-29)24-36-25-32-37-19-20-38-32/h7-17,19-20,26,36H,5-6,18,21-25H2,1-4H3,(H,37,38)(H,39,43)(H,40,42)/t26-,35-/m0/s1. The number of carbonyl (C=O) groups excluding carboxylic acids is 2. The molecule has 0 aliphatic heterocycles. The van der Waals surface area contributed by atoms with E-state index in [4.69, 9.17) is 4.74 Å². The van der Waals surface area contributed by atoms with E-state index in [1.165, 1.54) is 0 Å². The van der Waals surface area contributed by atoms with Crippen LogP contribution in [0.2, 0.25) is 0 Å². The molecule has 3 aromatic carbocycles. The molecule has 9 heteroatoms. The number of hydrogen-bond acceptors (Lipinski definition) is 6. The average Bonchev–Trinajstić information content (AvgIpc) is 3.56. The topological polar surface area (TPSA) is 111 Å². The lowest BCUT2D eigenvalue weighted by Gasteiger charge is -2.43. The molecule has 4 rings (SSSR count). The first-order valence-electron chi connectivity index (χ1n) is 15.5. The van der Waals surface area contributed by atoms with E-state index in [9.17, 15) is 9.59 Å². The van der Waals surface area contributed by atoms with Crippen LogP contribution in [0.3, 0.4) is 0 Å². The van der Waals surface area contributed by atoms with Gasteiger partial charge in [-0.3, -0.25) is 14.5 Å². The number of methoxy groups -OCH3 is 1. The Kier molecular flexibility index (Phi) is 12.1. The molecule has 0 fully saturated rings. The molecule has 44 heavy (non-hydrogen) atoms. The van der Waals surface area contributed by atoms with Crippen LogP contribution in [-0.4, -0.2) is 59.2 Å². The van der Waals surface area contributed by atoms with Gasteiger partial charge in [0.25, 0.3) is 11.8 Å². The summed E-state index contributed by atoms with van der Waals surface area (Å²) in [6.07, 6.45) is 5.49. The number of imidazole rings is 1. The van der Waals surface area contributed by atoms with E-state index in [1.54, 1.807) is 19.5 Å². The van der Waals surface area contributed by atoms with Gasteiger partial charge in [-0.2, -0.15) is 0 Å². The molecular formula is C35H46N6O3. The summed E-state index contributed by atoms with van der Waals surface area (Å²) in [6.45, 7) is 8.93. The first-order chi connectivity index (χ1) is 21.4. The Morgan fingerprint density at radius 3 is 2.45 bits per heavy atom. The van der Waals surface area contributed by atoms with Gasteiger partial charge in [0, 0.05) is 44.7 Å². The predicted molar refractivity (Wildman–Crippen MR) is 175 cm³/mol. The highest BCUT2D eigenvalue weighted by Crippen LogP contribution is 2.27. The zero-order valence-electron chi connectivity index (χ0n) is 26.4. The molecule has 234 valence electrons. The third kappa shape index (κ3) is 8.11. The second kappa shape index (κ2) is 16.1. The Morgan fingerprint density at radius 2 is 1.75 bits per heavy atom. The van der Waals surface area contributed by atoms with Crippen molar-refractivity contribution >= 4 is 22.6 Å². The SMILES string of the molecule is CCCN(CCOC)[C@](CCC)(NC(=O)c1ccc(CNCc2ncc[nH]2)cc1)C(=O)N[C@@H](C)c1cccc2ccccc12. The van der Waals surface area contributed by atoms with Crippen LogP contribution in [0.4, 0.5) is 0 Å². The van der Waals surface area contributed by atoms with Crippen LogP contribution in [-0.2, 0) is 22.6 Å². The number of nitrogens with zero attached hydrogens (tertiary/aromatic N) is 2. The van der Waals surface area contributed by atoms with Crippen molar-refractivity contribution < 1.29 is 14.3 Å². The molecule has 9 nitrogen and oxygen atoms in total. The van der Waals surface area contributed by atoms with Crippen molar-refractivity contribution in [2.45, 2.75) is 64.8 Å². The lowest BCUT2D eigenvalue weighted by Crippen LogP contribution is -2.69. The third-order valence-electron chi connectivity index (χ3n) is 7.94. The Hall–Kier alpha value is -4.05. The van der Waals surface area contributed by atoms with Crippen LogP contribution in [0, 0.1) is 0 Å². The maximum atomic E-state index is 14.5. The maximum Gasteiger partial charge on any atom is 0.261 e. The Balaban J connectivity index is 1.58. The van der Waals surface area contributed by atoms with Crippen LogP contribution in [0.15, 0.2) is 79.1 Å². The minimum absolute atomic E-state index is 0.226. The molecule has 2 atom stereocenters. The van der Waals surface area contributed by atoms with Gasteiger partial charge in [0.1, 0.15) is 5.82 Å². The van der Waals surface area contributed by atoms with Crippen molar-refractivity contribution in [1.29, 1.82) is 0 Å². The summed E-state index contributed by atoms with van der Waals surface area (Å²) in [7, 11) is 1.65. The number of carbonyl (C=O) groups is 2. The van der Waals surface area contributed by atoms with E-state index in [1.807, 2.05) is 62.4 Å². The molecule has 0 aliphatic carbocycles. The average molecular weight is 599 g/mol. The minimum Gasteiger partial charge on any atom is -0.383 e. The molecule has 0 saturated heterocycles. The Morgan fingerprint density at radius 1 is 0.977 bits per heavy atom. The number of H-pyrrole nitrogens is 1. The number of rotatable bonds is 17. The summed E-state index contributed by atoms with van der Waals surface area (Å²) >= 11 is 0. The molecule has 2 amide bonds. The largest absolute Gasteiger partial charge is 0.383 e. The summed E-state index contributed by atoms with van der Waals surface area (Å²) in [6, 6.07) is 21.5. The summed E-state index contributed by atoms with van der Waals surface area (Å²) in [5, 5.41) is 12.0. The number of ether oxygens (including phenoxy) is 1. The molecule has 0 saturated carbocycles. The number of benzene rings is 3. The predicted octanol–water partition coefficient (Wildman–Crippen LogP) is 5.31. The van der Waals surface area contributed by atoms with Crippen LogP contribution >= 0.6 is 0 Å². The van der Waals surface area contributed by atoms with E-state index >= 15 is 0 Å². The first kappa shape index (κ1) is 32.9. The van der Waals surface area contributed by atoms with Crippen LogP contribution in [0.25, 0.3) is 10.8 Å². The van der Waals surface area contributed by atoms with Crippen LogP contribution in [0.5, 0.6) is 0 Å². The van der Waals surface area contributed by atoms with E-state index in [0.29, 0.717) is 51.2 Å². The Bertz CT molecular complexity index is 1470. The quantitative estimate of drug-likeness (QED) is 0.123. The van der Waals surface area contributed by atoms with Crippen molar-refractivity contribution in [2.75, 3.05) is 26.8 Å². The molecule has 0 bridgehead atoms. The smallest absolute Gasteiger partial charge is 0.261 e. The zero-order valence-corrected chi connectivity index (χ0v) is 26.4. The molecule has 0 aliphatic rings. The number of fused-ring (bicyclic) bond motifs is 1. The molecular weight excluding hydrogens is 552 g/mol. The normalized spacial score (nSPS) is 13.5. The molecule has 0 radical (unpaired) electrons. The maximum absolute atomic E-state index is 14.5. The first-order valence-corrected chi connectivity index (χ1v) is 15.5. The molecule has 4 N–H and O–H groups in total. The fraction of sp³-hybridized carbons (Fsp3) is 0.400. The van der Waals surface area contributed by atoms with Crippen LogP contribution < -0.4 is 16.0 Å². The summed E-state index contributed by atoms with van der Waals surface area (Å²) in [5.74, 6) is 0.350. The van der Waals surface area contributed by atoms with Crippen molar-refractivity contribution in [2.24, 2.45) is 0 Å². The highest BCUT2D eigenvalue weighted by Gasteiger charge is 2.45. The van der Waals surface area contributed by atoms with Crippen molar-refractivity contribution in [3.8, 4) is 0 Å². The second-order valence-corrected chi connectivity index (χ2v) is 11.1. The van der Waals surface area contributed by atoms with Crippen LogP contribution in [0.1, 0.15) is 73.4 Å². The number of hydrogen-bond donors (Lipinski definition) is 4. The van der Waals surface area contributed by atoms with Gasteiger partial charge in [-0.05, 0) is 53.8 Å². The summed E-state index contributed by atoms with van der Waals surface area (Å²) in [4.78, 5) is 37.7. The lowest BCUT2D eigenvalue weighted by atomic mass is 9.96. The van der Waals surface area contributed by atoms with Gasteiger partial charge in [0.2, 0.25) is 0 Å². The number of nitrogens with one attached hydrogen (secondary N) is 4. The van der Waals surface area contributed by atoms with E-state index in [-0.39, 0.29) is 17.9 Å². The van der Waals surface area contributed by atoms with E-state index in [2.05, 4.69) is 55.9 Å². The Labute approximate surface area is 260 Å². The fourth-order valence-corrected chi connectivity index (χ4v) is 5.72. The monoisotopic (exact) mass is 598 g/mol. The molecule has 1 aromatic heterocycles. The van der Waals surface area contributed by atoms with Gasteiger partial charge in [0.05, 0.1) is 19.2 Å². The molecule has 4 aromatic rings. The van der Waals surface area contributed by atoms with Crippen molar-refractivity contribution in [3.05, 3.63) is 102 Å². The molecule has 1 heterocycles. The van der Waals surface area contributed by atoms with Crippen molar-refractivity contribution in [1.82, 2.24) is 30.8 Å². The number of aromatic nitrogens is 2. The summed E-state index contributed by atoms with van der Waals surface area (Å²) in [5.41, 5.74) is 1.31. The molecule has 0 spiro atoms. The van der Waals surface area contributed by atoms with Gasteiger partial charge in [-0.15, -0.1) is 0 Å². The van der Waals surface area contributed by atoms with E-state index < -0.39 is 5.66 Å². The molecule has 0 unspecified atom stereocenters. The fourth-order valence-electron chi connectivity index (χ4n) is 5.72. The third-order valence-corrected chi connectivity index (χ3v) is 7.94. The number of aromatic amines is 1. The van der Waals surface area contributed by atoms with Gasteiger partial charge in [-0.1, -0.05) is 74.9 Å². The highest BCUT2D eigenvalue weighted by atomic mass is 16.5.